The number of carbonyl (C=O) groups is 1. The van der Waals surface area contributed by atoms with Gasteiger partial charge in [-0.25, -0.2) is 9.37 Å². The Labute approximate surface area is 142 Å². The maximum atomic E-state index is 13.0. The summed E-state index contributed by atoms with van der Waals surface area (Å²) in [4.78, 5) is 16.1. The Kier molecular flexibility index (Phi) is 4.57. The molecule has 0 unspecified atom stereocenters. The molecule has 0 saturated heterocycles. The zero-order chi connectivity index (χ0) is 17.1. The molecule has 4 nitrogen and oxygen atoms in total. The van der Waals surface area contributed by atoms with Crippen molar-refractivity contribution in [3.05, 3.63) is 64.8 Å². The smallest absolute Gasteiger partial charge is 0.187 e. The van der Waals surface area contributed by atoms with Gasteiger partial charge in [0.15, 0.2) is 5.13 Å². The summed E-state index contributed by atoms with van der Waals surface area (Å²) in [6.45, 7) is 1.98. The molecule has 0 spiro atoms. The molecule has 3 rings (SSSR count). The molecule has 3 aromatic rings. The molecule has 0 saturated carbocycles. The number of aryl methyl sites for hydroxylation is 1. The topological polar surface area (TPSA) is 65.0 Å². The number of rotatable bonds is 5. The largest absolute Gasteiger partial charge is 0.550 e. The van der Waals surface area contributed by atoms with Crippen molar-refractivity contribution in [3.63, 3.8) is 0 Å². The van der Waals surface area contributed by atoms with Crippen LogP contribution in [0.15, 0.2) is 48.5 Å². The Hall–Kier alpha value is -2.73. The van der Waals surface area contributed by atoms with Crippen LogP contribution in [-0.2, 0) is 11.2 Å². The Morgan fingerprint density at radius 1 is 1.17 bits per heavy atom. The molecule has 0 atom stereocenters. The molecule has 0 aliphatic heterocycles. The summed E-state index contributed by atoms with van der Waals surface area (Å²) in [5, 5.41) is 14.6. The second-order valence-electron chi connectivity index (χ2n) is 5.34. The van der Waals surface area contributed by atoms with Gasteiger partial charge in [0, 0.05) is 28.5 Å². The van der Waals surface area contributed by atoms with Gasteiger partial charge in [-0.15, -0.1) is 11.3 Å². The maximum absolute atomic E-state index is 13.0. The number of aliphatic carboxylic acids is 1. The zero-order valence-corrected chi connectivity index (χ0v) is 13.7. The molecule has 2 aromatic carbocycles. The van der Waals surface area contributed by atoms with Gasteiger partial charge in [0.25, 0.3) is 0 Å². The quantitative estimate of drug-likeness (QED) is 0.773. The molecular weight excluding hydrogens is 327 g/mol. The van der Waals surface area contributed by atoms with Gasteiger partial charge in [0.1, 0.15) is 5.82 Å². The van der Waals surface area contributed by atoms with E-state index in [1.807, 2.05) is 31.2 Å². The van der Waals surface area contributed by atoms with Gasteiger partial charge in [-0.1, -0.05) is 29.8 Å². The Balaban J connectivity index is 1.94. The highest BCUT2D eigenvalue weighted by atomic mass is 32.1. The van der Waals surface area contributed by atoms with E-state index in [1.165, 1.54) is 23.5 Å². The van der Waals surface area contributed by atoms with E-state index in [0.717, 1.165) is 11.1 Å². The van der Waals surface area contributed by atoms with E-state index in [4.69, 9.17) is 0 Å². The highest BCUT2D eigenvalue weighted by Crippen LogP contribution is 2.33. The van der Waals surface area contributed by atoms with E-state index in [1.54, 1.807) is 12.1 Å². The third-order valence-electron chi connectivity index (χ3n) is 3.42. The highest BCUT2D eigenvalue weighted by molar-refractivity contribution is 7.16. The highest BCUT2D eigenvalue weighted by Gasteiger charge is 2.13. The van der Waals surface area contributed by atoms with Crippen LogP contribution in [0.3, 0.4) is 0 Å². The van der Waals surface area contributed by atoms with Crippen LogP contribution < -0.4 is 10.4 Å². The van der Waals surface area contributed by atoms with Crippen molar-refractivity contribution < 1.29 is 14.3 Å². The number of anilines is 2. The number of hydrogen-bond donors (Lipinski definition) is 1. The van der Waals surface area contributed by atoms with Crippen LogP contribution in [0.2, 0.25) is 0 Å². The van der Waals surface area contributed by atoms with Gasteiger partial charge in [-0.2, -0.15) is 0 Å². The number of benzene rings is 2. The third kappa shape index (κ3) is 3.78. The predicted molar refractivity (Wildman–Crippen MR) is 90.7 cm³/mol. The van der Waals surface area contributed by atoms with Crippen molar-refractivity contribution in [2.45, 2.75) is 13.3 Å². The normalized spacial score (nSPS) is 10.6. The van der Waals surface area contributed by atoms with Gasteiger partial charge in [0.2, 0.25) is 0 Å². The summed E-state index contributed by atoms with van der Waals surface area (Å²) >= 11 is 1.25. The van der Waals surface area contributed by atoms with Crippen molar-refractivity contribution >= 4 is 28.1 Å². The van der Waals surface area contributed by atoms with E-state index < -0.39 is 5.97 Å². The first kappa shape index (κ1) is 16.1. The van der Waals surface area contributed by atoms with E-state index in [2.05, 4.69) is 10.3 Å². The number of halogens is 1. The summed E-state index contributed by atoms with van der Waals surface area (Å²) in [6, 6.07) is 13.6. The number of thiazole rings is 1. The van der Waals surface area contributed by atoms with Crippen molar-refractivity contribution in [2.75, 3.05) is 5.32 Å². The van der Waals surface area contributed by atoms with Crippen LogP contribution in [0, 0.1) is 12.7 Å². The second kappa shape index (κ2) is 6.80. The molecule has 0 fully saturated rings. The van der Waals surface area contributed by atoms with Crippen LogP contribution in [0.4, 0.5) is 15.2 Å². The zero-order valence-electron chi connectivity index (χ0n) is 12.9. The lowest BCUT2D eigenvalue weighted by molar-refractivity contribution is -0.304. The average Bonchev–Trinajstić information content (AvgIpc) is 2.92. The van der Waals surface area contributed by atoms with Crippen molar-refractivity contribution in [2.24, 2.45) is 0 Å². The summed E-state index contributed by atoms with van der Waals surface area (Å²) in [5.41, 5.74) is 3.26. The number of carboxylic acids is 1. The molecule has 0 radical (unpaired) electrons. The molecule has 1 heterocycles. The molecule has 122 valence electrons. The minimum atomic E-state index is -1.15. The lowest BCUT2D eigenvalue weighted by Gasteiger charge is -2.03. The Morgan fingerprint density at radius 2 is 1.83 bits per heavy atom. The number of nitrogens with zero attached hydrogens (tertiary/aromatic N) is 1. The van der Waals surface area contributed by atoms with Gasteiger partial charge in [-0.05, 0) is 31.2 Å². The van der Waals surface area contributed by atoms with E-state index in [0.29, 0.717) is 21.4 Å². The molecule has 0 amide bonds. The van der Waals surface area contributed by atoms with Gasteiger partial charge in [0.05, 0.1) is 5.69 Å². The van der Waals surface area contributed by atoms with E-state index >= 15 is 0 Å². The minimum absolute atomic E-state index is 0.202. The predicted octanol–water partition coefficient (Wildman–Crippen LogP) is 3.29. The third-order valence-corrected chi connectivity index (χ3v) is 4.39. The monoisotopic (exact) mass is 341 g/mol. The Bertz CT molecular complexity index is 858. The first-order chi connectivity index (χ1) is 11.5. The van der Waals surface area contributed by atoms with E-state index in [9.17, 15) is 14.3 Å². The van der Waals surface area contributed by atoms with Crippen molar-refractivity contribution in [1.29, 1.82) is 0 Å². The van der Waals surface area contributed by atoms with Gasteiger partial charge in [-0.3, -0.25) is 0 Å². The molecule has 1 aromatic heterocycles. The van der Waals surface area contributed by atoms with E-state index in [-0.39, 0.29) is 12.2 Å². The van der Waals surface area contributed by atoms with Crippen LogP contribution in [0.1, 0.15) is 10.4 Å². The first-order valence-corrected chi connectivity index (χ1v) is 8.12. The number of aromatic nitrogens is 1. The maximum Gasteiger partial charge on any atom is 0.187 e. The summed E-state index contributed by atoms with van der Waals surface area (Å²) in [6.07, 6.45) is -0.202. The number of carbonyl (C=O) groups excluding carboxylic acids is 1. The molecule has 0 aliphatic carbocycles. The SMILES string of the molecule is Cc1ccc(-c2nc(Nc3ccc(F)cc3)sc2CC(=O)[O-])cc1. The standard InChI is InChI=1S/C18H15FN2O2S/c1-11-2-4-12(5-3-11)17-15(10-16(22)23)24-18(21-17)20-14-8-6-13(19)7-9-14/h2-9H,10H2,1H3,(H,20,21)(H,22,23)/p-1. The summed E-state index contributed by atoms with van der Waals surface area (Å²) in [5.74, 6) is -1.47. The van der Waals surface area contributed by atoms with Crippen LogP contribution in [-0.4, -0.2) is 11.0 Å². The lowest BCUT2D eigenvalue weighted by Crippen LogP contribution is -2.24. The fraction of sp³-hybridized carbons (Fsp3) is 0.111. The van der Waals surface area contributed by atoms with Crippen molar-refractivity contribution in [3.8, 4) is 11.3 Å². The number of carboxylic acid groups (broad SMARTS) is 1. The first-order valence-electron chi connectivity index (χ1n) is 7.30. The minimum Gasteiger partial charge on any atom is -0.550 e. The molecular formula is C18H14FN2O2S-. The molecule has 0 aliphatic rings. The van der Waals surface area contributed by atoms with Crippen LogP contribution >= 0.6 is 11.3 Å². The second-order valence-corrected chi connectivity index (χ2v) is 6.42. The fourth-order valence-corrected chi connectivity index (χ4v) is 3.24. The van der Waals surface area contributed by atoms with Crippen LogP contribution in [0.5, 0.6) is 0 Å². The summed E-state index contributed by atoms with van der Waals surface area (Å²) in [7, 11) is 0. The average molecular weight is 341 g/mol. The molecule has 1 N–H and O–H groups in total. The molecule has 0 bridgehead atoms. The van der Waals surface area contributed by atoms with Gasteiger partial charge >= 0.3 is 0 Å². The van der Waals surface area contributed by atoms with Crippen LogP contribution in [0.25, 0.3) is 11.3 Å². The lowest BCUT2D eigenvalue weighted by atomic mass is 10.1. The number of hydrogen-bond acceptors (Lipinski definition) is 5. The Morgan fingerprint density at radius 3 is 2.46 bits per heavy atom. The molecule has 6 heteroatoms. The van der Waals surface area contributed by atoms with Crippen molar-refractivity contribution in [1.82, 2.24) is 4.98 Å². The molecule has 24 heavy (non-hydrogen) atoms. The van der Waals surface area contributed by atoms with Gasteiger partial charge < -0.3 is 15.2 Å². The number of nitrogens with one attached hydrogen (secondary N) is 1. The fourth-order valence-electron chi connectivity index (χ4n) is 2.25. The summed E-state index contributed by atoms with van der Waals surface area (Å²) < 4.78 is 13.0.